The number of nitrogens with one attached hydrogen (secondary N) is 3. The van der Waals surface area contributed by atoms with Crippen LogP contribution in [0.4, 0.5) is 24.8 Å². The third-order valence-electron chi connectivity index (χ3n) is 5.02. The Balaban J connectivity index is 1.46. The fourth-order valence-corrected chi connectivity index (χ4v) is 3.42. The molecular weight excluding hydrogens is 397 g/mol. The SMILES string of the molecule is O=C(NCc1cccc2nc(Nc3ccc(C(F)(F)F)cc3)nn12)C1CCCNC1. The van der Waals surface area contributed by atoms with Crippen LogP contribution in [0, 0.1) is 5.92 Å². The Bertz CT molecular complexity index is 1030. The predicted octanol–water partition coefficient (Wildman–Crippen LogP) is 3.11. The number of nitrogens with zero attached hydrogens (tertiary/aromatic N) is 3. The standard InChI is InChI=1S/C20H21F3N6O/c21-20(22,23)14-6-8-15(9-7-14)26-19-27-17-5-1-4-16(29(17)28-19)12-25-18(30)13-3-2-10-24-11-13/h1,4-9,13,24H,2-3,10-12H2,(H,25,30)(H,26,28). The monoisotopic (exact) mass is 418 g/mol. The van der Waals surface area contributed by atoms with Gasteiger partial charge < -0.3 is 16.0 Å². The minimum Gasteiger partial charge on any atom is -0.350 e. The van der Waals surface area contributed by atoms with Gasteiger partial charge in [0.25, 0.3) is 0 Å². The Kier molecular flexibility index (Phi) is 5.58. The third kappa shape index (κ3) is 4.54. The molecule has 10 heteroatoms. The highest BCUT2D eigenvalue weighted by atomic mass is 19.4. The van der Waals surface area contributed by atoms with E-state index in [1.807, 2.05) is 12.1 Å². The van der Waals surface area contributed by atoms with Crippen molar-refractivity contribution >= 4 is 23.2 Å². The Morgan fingerprint density at radius 1 is 1.20 bits per heavy atom. The topological polar surface area (TPSA) is 83.3 Å². The molecule has 1 aromatic carbocycles. The maximum absolute atomic E-state index is 12.7. The lowest BCUT2D eigenvalue weighted by Crippen LogP contribution is -2.40. The molecule has 0 aliphatic carbocycles. The zero-order chi connectivity index (χ0) is 21.1. The van der Waals surface area contributed by atoms with Crippen LogP contribution in [0.5, 0.6) is 0 Å². The molecule has 3 aromatic rings. The largest absolute Gasteiger partial charge is 0.416 e. The van der Waals surface area contributed by atoms with Gasteiger partial charge in [-0.3, -0.25) is 4.79 Å². The van der Waals surface area contributed by atoms with Crippen LogP contribution in [-0.4, -0.2) is 33.6 Å². The molecule has 0 bridgehead atoms. The van der Waals surface area contributed by atoms with Gasteiger partial charge in [-0.1, -0.05) is 6.07 Å². The summed E-state index contributed by atoms with van der Waals surface area (Å²) in [6.07, 6.45) is -2.53. The number of hydrogen-bond acceptors (Lipinski definition) is 5. The Labute approximate surface area is 170 Å². The number of alkyl halides is 3. The molecule has 1 aliphatic heterocycles. The van der Waals surface area contributed by atoms with E-state index in [9.17, 15) is 18.0 Å². The molecule has 1 saturated heterocycles. The van der Waals surface area contributed by atoms with Crippen molar-refractivity contribution in [2.75, 3.05) is 18.4 Å². The maximum Gasteiger partial charge on any atom is 0.416 e. The first kappa shape index (κ1) is 20.1. The minimum absolute atomic E-state index is 0.00224. The summed E-state index contributed by atoms with van der Waals surface area (Å²) in [6.45, 7) is 1.92. The number of carbonyl (C=O) groups is 1. The van der Waals surface area contributed by atoms with Gasteiger partial charge in [-0.15, -0.1) is 5.10 Å². The van der Waals surface area contributed by atoms with Gasteiger partial charge in [-0.2, -0.15) is 18.2 Å². The quantitative estimate of drug-likeness (QED) is 0.593. The van der Waals surface area contributed by atoms with Crippen LogP contribution in [-0.2, 0) is 17.5 Å². The molecule has 1 amide bonds. The highest BCUT2D eigenvalue weighted by Crippen LogP contribution is 2.30. The van der Waals surface area contributed by atoms with Crippen LogP contribution < -0.4 is 16.0 Å². The Hall–Kier alpha value is -3.14. The van der Waals surface area contributed by atoms with Gasteiger partial charge in [0.15, 0.2) is 5.65 Å². The molecule has 1 unspecified atom stereocenters. The summed E-state index contributed by atoms with van der Waals surface area (Å²) in [5, 5.41) is 13.5. The number of benzene rings is 1. The number of piperidine rings is 1. The molecule has 0 saturated carbocycles. The third-order valence-corrected chi connectivity index (χ3v) is 5.02. The lowest BCUT2D eigenvalue weighted by molar-refractivity contribution is -0.137. The average Bonchev–Trinajstić information content (AvgIpc) is 3.15. The van der Waals surface area contributed by atoms with E-state index in [-0.39, 0.29) is 17.8 Å². The van der Waals surface area contributed by atoms with E-state index < -0.39 is 11.7 Å². The van der Waals surface area contributed by atoms with Gasteiger partial charge in [-0.25, -0.2) is 4.52 Å². The van der Waals surface area contributed by atoms with Crippen LogP contribution in [0.2, 0.25) is 0 Å². The van der Waals surface area contributed by atoms with Crippen LogP contribution in [0.15, 0.2) is 42.5 Å². The van der Waals surface area contributed by atoms with Crippen LogP contribution in [0.1, 0.15) is 24.1 Å². The van der Waals surface area contributed by atoms with Crippen LogP contribution >= 0.6 is 0 Å². The average molecular weight is 418 g/mol. The Morgan fingerprint density at radius 2 is 2.00 bits per heavy atom. The summed E-state index contributed by atoms with van der Waals surface area (Å²) in [7, 11) is 0. The van der Waals surface area contributed by atoms with Crippen molar-refractivity contribution in [1.82, 2.24) is 25.2 Å². The molecule has 3 N–H and O–H groups in total. The summed E-state index contributed by atoms with van der Waals surface area (Å²) in [5.74, 6) is 0.220. The molecule has 1 atom stereocenters. The van der Waals surface area contributed by atoms with E-state index in [0.29, 0.717) is 24.4 Å². The highest BCUT2D eigenvalue weighted by molar-refractivity contribution is 5.78. The maximum atomic E-state index is 12.7. The summed E-state index contributed by atoms with van der Waals surface area (Å²) < 4.78 is 39.7. The van der Waals surface area contributed by atoms with E-state index in [0.717, 1.165) is 37.2 Å². The number of amides is 1. The van der Waals surface area contributed by atoms with Gasteiger partial charge in [0.05, 0.1) is 23.7 Å². The zero-order valence-corrected chi connectivity index (χ0v) is 16.0. The van der Waals surface area contributed by atoms with Crippen molar-refractivity contribution in [3.63, 3.8) is 0 Å². The second-order valence-corrected chi connectivity index (χ2v) is 7.18. The van der Waals surface area contributed by atoms with Crippen molar-refractivity contribution in [2.24, 2.45) is 5.92 Å². The molecule has 7 nitrogen and oxygen atoms in total. The summed E-state index contributed by atoms with van der Waals surface area (Å²) in [6, 6.07) is 10.1. The molecular formula is C20H21F3N6O. The van der Waals surface area contributed by atoms with E-state index in [2.05, 4.69) is 26.0 Å². The van der Waals surface area contributed by atoms with Gasteiger partial charge >= 0.3 is 6.18 Å². The van der Waals surface area contributed by atoms with Gasteiger partial charge in [0, 0.05) is 12.2 Å². The zero-order valence-electron chi connectivity index (χ0n) is 16.0. The van der Waals surface area contributed by atoms with Crippen molar-refractivity contribution in [1.29, 1.82) is 0 Å². The lowest BCUT2D eigenvalue weighted by Gasteiger charge is -2.21. The first-order chi connectivity index (χ1) is 14.4. The Morgan fingerprint density at radius 3 is 2.70 bits per heavy atom. The van der Waals surface area contributed by atoms with E-state index >= 15 is 0 Å². The number of carbonyl (C=O) groups excluding carboxylic acids is 1. The minimum atomic E-state index is -4.38. The molecule has 1 fully saturated rings. The first-order valence-corrected chi connectivity index (χ1v) is 9.67. The second kappa shape index (κ2) is 8.31. The first-order valence-electron chi connectivity index (χ1n) is 9.67. The fourth-order valence-electron chi connectivity index (χ4n) is 3.42. The van der Waals surface area contributed by atoms with Crippen molar-refractivity contribution in [2.45, 2.75) is 25.6 Å². The number of pyridine rings is 1. The van der Waals surface area contributed by atoms with E-state index in [4.69, 9.17) is 0 Å². The molecule has 3 heterocycles. The molecule has 30 heavy (non-hydrogen) atoms. The fraction of sp³-hybridized carbons (Fsp3) is 0.350. The summed E-state index contributed by atoms with van der Waals surface area (Å²) in [4.78, 5) is 16.7. The number of anilines is 2. The molecule has 0 radical (unpaired) electrons. The number of halogens is 3. The van der Waals surface area contributed by atoms with Crippen LogP contribution in [0.3, 0.4) is 0 Å². The molecule has 4 rings (SSSR count). The summed E-state index contributed by atoms with van der Waals surface area (Å²) >= 11 is 0. The summed E-state index contributed by atoms with van der Waals surface area (Å²) in [5.41, 5.74) is 1.04. The van der Waals surface area contributed by atoms with E-state index in [1.54, 1.807) is 10.6 Å². The van der Waals surface area contributed by atoms with E-state index in [1.165, 1.54) is 12.1 Å². The smallest absolute Gasteiger partial charge is 0.350 e. The lowest BCUT2D eigenvalue weighted by atomic mass is 9.99. The van der Waals surface area contributed by atoms with Crippen molar-refractivity contribution < 1.29 is 18.0 Å². The number of hydrogen-bond donors (Lipinski definition) is 3. The van der Waals surface area contributed by atoms with Gasteiger partial charge in [0.2, 0.25) is 11.9 Å². The van der Waals surface area contributed by atoms with Gasteiger partial charge in [0.1, 0.15) is 0 Å². The normalized spacial score (nSPS) is 17.1. The van der Waals surface area contributed by atoms with Crippen molar-refractivity contribution in [3.05, 3.63) is 53.7 Å². The molecule has 0 spiro atoms. The molecule has 2 aromatic heterocycles. The second-order valence-electron chi connectivity index (χ2n) is 7.18. The number of rotatable bonds is 5. The van der Waals surface area contributed by atoms with Gasteiger partial charge in [-0.05, 0) is 55.8 Å². The van der Waals surface area contributed by atoms with Crippen LogP contribution in [0.25, 0.3) is 5.65 Å². The molecule has 158 valence electrons. The molecule has 1 aliphatic rings. The number of aromatic nitrogens is 3. The number of fused-ring (bicyclic) bond motifs is 1. The predicted molar refractivity (Wildman–Crippen MR) is 105 cm³/mol. The highest BCUT2D eigenvalue weighted by Gasteiger charge is 2.30. The van der Waals surface area contributed by atoms with Crippen molar-refractivity contribution in [3.8, 4) is 0 Å².